The number of oxime groups is 1. The Balaban J connectivity index is 1.87. The minimum Gasteiger partial charge on any atom is -0.593 e. The highest BCUT2D eigenvalue weighted by Crippen LogP contribution is 2.21. The normalized spacial score (nSPS) is 18.7. The van der Waals surface area contributed by atoms with Crippen LogP contribution < -0.4 is 10.0 Å². The second-order valence-electron chi connectivity index (χ2n) is 6.44. The molecule has 0 saturated heterocycles. The van der Waals surface area contributed by atoms with E-state index in [0.29, 0.717) is 19.4 Å². The molecule has 2 rings (SSSR count). The predicted molar refractivity (Wildman–Crippen MR) is 105 cm³/mol. The SMILES string of the molecule is C/C=N\OCC1=CC=C(NC(=O)C2=CC=C(N[S+]([O-])C(C)C)CC2)CC1. The molecule has 0 bridgehead atoms. The second kappa shape index (κ2) is 10.2. The molecule has 0 aliphatic heterocycles. The van der Waals surface area contributed by atoms with E-state index < -0.39 is 11.4 Å². The number of nitrogens with one attached hydrogen (secondary N) is 2. The number of allylic oxidation sites excluding steroid dienone is 6. The Morgan fingerprint density at radius 2 is 1.96 bits per heavy atom. The summed E-state index contributed by atoms with van der Waals surface area (Å²) in [6.45, 7) is 6.09. The van der Waals surface area contributed by atoms with Crippen LogP contribution in [-0.4, -0.2) is 28.5 Å². The van der Waals surface area contributed by atoms with E-state index in [1.165, 1.54) is 0 Å². The van der Waals surface area contributed by atoms with Gasteiger partial charge in [-0.05, 0) is 64.2 Å². The predicted octanol–water partition coefficient (Wildman–Crippen LogP) is 2.99. The van der Waals surface area contributed by atoms with Crippen LogP contribution in [0.2, 0.25) is 0 Å². The van der Waals surface area contributed by atoms with E-state index in [0.717, 1.165) is 35.4 Å². The van der Waals surface area contributed by atoms with E-state index in [1.807, 2.05) is 32.1 Å². The van der Waals surface area contributed by atoms with Gasteiger partial charge < -0.3 is 14.7 Å². The van der Waals surface area contributed by atoms with Gasteiger partial charge in [0, 0.05) is 17.5 Å². The van der Waals surface area contributed by atoms with Gasteiger partial charge in [-0.15, -0.1) is 0 Å². The molecule has 0 aromatic carbocycles. The fourth-order valence-electron chi connectivity index (χ4n) is 2.48. The van der Waals surface area contributed by atoms with Gasteiger partial charge in [0.2, 0.25) is 0 Å². The maximum absolute atomic E-state index is 12.4. The highest BCUT2D eigenvalue weighted by atomic mass is 32.2. The summed E-state index contributed by atoms with van der Waals surface area (Å²) < 4.78 is 14.8. The lowest BCUT2D eigenvalue weighted by Crippen LogP contribution is -2.31. The summed E-state index contributed by atoms with van der Waals surface area (Å²) in [5.41, 5.74) is 3.71. The lowest BCUT2D eigenvalue weighted by atomic mass is 10.0. The number of nitrogens with zero attached hydrogens (tertiary/aromatic N) is 1. The first-order valence-corrected chi connectivity index (χ1v) is 10.1. The largest absolute Gasteiger partial charge is 0.593 e. The summed E-state index contributed by atoms with van der Waals surface area (Å²) in [7, 11) is 0. The van der Waals surface area contributed by atoms with Crippen LogP contribution in [-0.2, 0) is 21.0 Å². The lowest BCUT2D eigenvalue weighted by molar-refractivity contribution is -0.117. The van der Waals surface area contributed by atoms with Crippen molar-refractivity contribution in [2.45, 2.75) is 51.7 Å². The highest BCUT2D eigenvalue weighted by Gasteiger charge is 2.19. The van der Waals surface area contributed by atoms with Crippen molar-refractivity contribution in [3.63, 3.8) is 0 Å². The zero-order valence-electron chi connectivity index (χ0n) is 15.6. The van der Waals surface area contributed by atoms with Gasteiger partial charge in [-0.1, -0.05) is 17.3 Å². The molecule has 0 spiro atoms. The lowest BCUT2D eigenvalue weighted by Gasteiger charge is -2.20. The van der Waals surface area contributed by atoms with E-state index in [-0.39, 0.29) is 11.2 Å². The Morgan fingerprint density at radius 3 is 2.54 bits per heavy atom. The Morgan fingerprint density at radius 1 is 1.23 bits per heavy atom. The van der Waals surface area contributed by atoms with Gasteiger partial charge in [-0.2, -0.15) is 0 Å². The summed E-state index contributed by atoms with van der Waals surface area (Å²) >= 11 is -1.09. The summed E-state index contributed by atoms with van der Waals surface area (Å²) in [6, 6.07) is 0. The van der Waals surface area contributed by atoms with Crippen LogP contribution in [0.4, 0.5) is 0 Å². The Hall–Kier alpha value is -1.99. The van der Waals surface area contributed by atoms with Gasteiger partial charge in [0.15, 0.2) is 0 Å². The van der Waals surface area contributed by atoms with Crippen molar-refractivity contribution >= 4 is 23.5 Å². The molecular weight excluding hydrogens is 350 g/mol. The van der Waals surface area contributed by atoms with Crippen LogP contribution in [0.15, 0.2) is 52.0 Å². The number of carbonyl (C=O) groups is 1. The van der Waals surface area contributed by atoms with E-state index >= 15 is 0 Å². The van der Waals surface area contributed by atoms with Gasteiger partial charge in [-0.25, -0.2) is 4.72 Å². The minimum absolute atomic E-state index is 0.0555. The summed E-state index contributed by atoms with van der Waals surface area (Å²) in [5, 5.41) is 6.77. The fourth-order valence-corrected chi connectivity index (χ4v) is 3.15. The van der Waals surface area contributed by atoms with Crippen LogP contribution >= 0.6 is 0 Å². The third kappa shape index (κ3) is 6.38. The van der Waals surface area contributed by atoms with Crippen LogP contribution in [0.1, 0.15) is 46.5 Å². The first kappa shape index (κ1) is 20.3. The average Bonchev–Trinajstić information content (AvgIpc) is 2.64. The Labute approximate surface area is 158 Å². The van der Waals surface area contributed by atoms with Gasteiger partial charge in [0.05, 0.1) is 17.1 Å². The molecule has 2 N–H and O–H groups in total. The maximum atomic E-state index is 12.4. The minimum atomic E-state index is -1.09. The summed E-state index contributed by atoms with van der Waals surface area (Å²) in [5.74, 6) is -0.0692. The van der Waals surface area contributed by atoms with Crippen molar-refractivity contribution in [2.24, 2.45) is 5.16 Å². The molecule has 0 saturated carbocycles. The highest BCUT2D eigenvalue weighted by molar-refractivity contribution is 7.90. The van der Waals surface area contributed by atoms with E-state index in [9.17, 15) is 9.35 Å². The quantitative estimate of drug-likeness (QED) is 0.387. The van der Waals surface area contributed by atoms with Crippen LogP contribution in [0.3, 0.4) is 0 Å². The topological polar surface area (TPSA) is 85.8 Å². The van der Waals surface area contributed by atoms with Crippen molar-refractivity contribution in [1.29, 1.82) is 0 Å². The summed E-state index contributed by atoms with van der Waals surface area (Å²) in [6.07, 6.45) is 12.1. The monoisotopic (exact) mass is 377 g/mol. The molecule has 1 atom stereocenters. The van der Waals surface area contributed by atoms with Crippen LogP contribution in [0, 0.1) is 0 Å². The molecule has 142 valence electrons. The second-order valence-corrected chi connectivity index (χ2v) is 8.18. The zero-order valence-corrected chi connectivity index (χ0v) is 16.4. The average molecular weight is 378 g/mol. The first-order chi connectivity index (χ1) is 12.5. The van der Waals surface area contributed by atoms with Crippen molar-refractivity contribution in [2.75, 3.05) is 6.61 Å². The number of hydrogen-bond acceptors (Lipinski definition) is 5. The number of amides is 1. The molecule has 2 aliphatic rings. The fraction of sp³-hybridized carbons (Fsp3) is 0.474. The molecule has 0 fully saturated rings. The Bertz CT molecular complexity index is 663. The van der Waals surface area contributed by atoms with Crippen molar-refractivity contribution in [3.05, 3.63) is 46.8 Å². The molecule has 0 aromatic rings. The number of hydrogen-bond donors (Lipinski definition) is 2. The standard InChI is InChI=1S/C19H27N3O3S/c1-4-20-25-13-15-5-9-17(10-6-15)21-19(23)16-7-11-18(12-8-16)22-26(24)14(2)3/h4-5,7,9,11,14,22H,6,8,10,12-13H2,1-3H3,(H,21,23)/b20-4-. The van der Waals surface area contributed by atoms with Gasteiger partial charge >= 0.3 is 0 Å². The molecule has 6 nitrogen and oxygen atoms in total. The van der Waals surface area contributed by atoms with Crippen LogP contribution in [0.25, 0.3) is 0 Å². The van der Waals surface area contributed by atoms with Gasteiger partial charge in [0.1, 0.15) is 11.9 Å². The molecule has 1 amide bonds. The Kier molecular flexibility index (Phi) is 8.00. The smallest absolute Gasteiger partial charge is 0.251 e. The van der Waals surface area contributed by atoms with E-state index in [1.54, 1.807) is 19.2 Å². The molecule has 1 unspecified atom stereocenters. The molecule has 7 heteroatoms. The maximum Gasteiger partial charge on any atom is 0.251 e. The third-order valence-electron chi connectivity index (χ3n) is 4.04. The van der Waals surface area contributed by atoms with E-state index in [4.69, 9.17) is 4.84 Å². The number of rotatable bonds is 8. The van der Waals surface area contributed by atoms with E-state index in [2.05, 4.69) is 15.2 Å². The molecule has 0 aromatic heterocycles. The molecule has 26 heavy (non-hydrogen) atoms. The molecule has 0 radical (unpaired) electrons. The molecular formula is C19H27N3O3S. The summed E-state index contributed by atoms with van der Waals surface area (Å²) in [4.78, 5) is 17.5. The molecule has 0 heterocycles. The van der Waals surface area contributed by atoms with Crippen molar-refractivity contribution in [3.8, 4) is 0 Å². The van der Waals surface area contributed by atoms with Gasteiger partial charge in [-0.3, -0.25) is 4.79 Å². The third-order valence-corrected chi connectivity index (χ3v) is 5.36. The number of carbonyl (C=O) groups excluding carboxylic acids is 1. The first-order valence-electron chi connectivity index (χ1n) is 8.86. The zero-order chi connectivity index (χ0) is 18.9. The van der Waals surface area contributed by atoms with Crippen molar-refractivity contribution in [1.82, 2.24) is 10.0 Å². The molecule has 2 aliphatic carbocycles. The van der Waals surface area contributed by atoms with Crippen molar-refractivity contribution < 1.29 is 14.2 Å². The van der Waals surface area contributed by atoms with Gasteiger partial charge in [0.25, 0.3) is 5.91 Å². The van der Waals surface area contributed by atoms with Crippen LogP contribution in [0.5, 0.6) is 0 Å².